The van der Waals surface area contributed by atoms with Crippen molar-refractivity contribution in [3.05, 3.63) is 0 Å². The average Bonchev–Trinajstić information content (AvgIpc) is 2.86. The highest BCUT2D eigenvalue weighted by Gasteiger charge is 2.26. The van der Waals surface area contributed by atoms with Crippen molar-refractivity contribution in [1.29, 1.82) is 0 Å². The van der Waals surface area contributed by atoms with Gasteiger partial charge in [0.1, 0.15) is 6.54 Å². The Morgan fingerprint density at radius 1 is 1.32 bits per heavy atom. The number of rotatable bonds is 6. The first kappa shape index (κ1) is 15.8. The summed E-state index contributed by atoms with van der Waals surface area (Å²) in [7, 11) is 1.78. The quantitative estimate of drug-likeness (QED) is 0.806. The Balaban J connectivity index is 2.60. The molecule has 0 heterocycles. The van der Waals surface area contributed by atoms with Gasteiger partial charge in [-0.2, -0.15) is 0 Å². The van der Waals surface area contributed by atoms with Gasteiger partial charge < -0.3 is 14.9 Å². The molecule has 0 aromatic heterocycles. The van der Waals surface area contributed by atoms with Crippen molar-refractivity contribution in [3.63, 3.8) is 0 Å². The smallest absolute Gasteiger partial charge is 0.323 e. The molecule has 5 heteroatoms. The fraction of sp³-hybridized carbons (Fsp3) is 0.857. The van der Waals surface area contributed by atoms with Gasteiger partial charge in [-0.1, -0.05) is 19.8 Å². The van der Waals surface area contributed by atoms with Gasteiger partial charge in [-0.05, 0) is 32.1 Å². The van der Waals surface area contributed by atoms with Crippen molar-refractivity contribution in [2.45, 2.75) is 52.0 Å². The molecule has 1 aliphatic carbocycles. The molecule has 1 unspecified atom stereocenters. The summed E-state index contributed by atoms with van der Waals surface area (Å²) in [4.78, 5) is 26.4. The normalized spacial score (nSPS) is 17.2. The van der Waals surface area contributed by atoms with E-state index in [0.29, 0.717) is 5.92 Å². The van der Waals surface area contributed by atoms with Crippen LogP contribution in [0.4, 0.5) is 4.79 Å². The van der Waals surface area contributed by atoms with Crippen molar-refractivity contribution in [3.8, 4) is 0 Å². The molecule has 0 aromatic rings. The zero-order valence-corrected chi connectivity index (χ0v) is 12.3. The van der Waals surface area contributed by atoms with E-state index >= 15 is 0 Å². The first-order chi connectivity index (χ1) is 8.95. The number of carboxylic acids is 1. The van der Waals surface area contributed by atoms with Gasteiger partial charge in [0.2, 0.25) is 0 Å². The number of hydrogen-bond donors (Lipinski definition) is 1. The second-order valence-corrected chi connectivity index (χ2v) is 5.59. The number of aliphatic carboxylic acids is 1. The van der Waals surface area contributed by atoms with Gasteiger partial charge in [-0.25, -0.2) is 4.79 Å². The van der Waals surface area contributed by atoms with E-state index in [0.717, 1.165) is 13.0 Å². The molecule has 0 spiro atoms. The van der Waals surface area contributed by atoms with E-state index in [4.69, 9.17) is 5.11 Å². The molecular formula is C14H26N2O3. The molecule has 0 bridgehead atoms. The number of hydrogen-bond acceptors (Lipinski definition) is 2. The van der Waals surface area contributed by atoms with Crippen molar-refractivity contribution in [1.82, 2.24) is 9.80 Å². The van der Waals surface area contributed by atoms with Crippen molar-refractivity contribution in [2.24, 2.45) is 5.92 Å². The van der Waals surface area contributed by atoms with Crippen molar-refractivity contribution >= 4 is 12.0 Å². The van der Waals surface area contributed by atoms with Crippen LogP contribution in [0, 0.1) is 5.92 Å². The average molecular weight is 270 g/mol. The van der Waals surface area contributed by atoms with Crippen LogP contribution in [-0.4, -0.2) is 53.1 Å². The lowest BCUT2D eigenvalue weighted by Crippen LogP contribution is -2.48. The predicted molar refractivity (Wildman–Crippen MR) is 74.1 cm³/mol. The Bertz CT molecular complexity index is 314. The summed E-state index contributed by atoms with van der Waals surface area (Å²) < 4.78 is 0. The molecule has 0 aliphatic heterocycles. The maximum absolute atomic E-state index is 12.4. The highest BCUT2D eigenvalue weighted by molar-refractivity contribution is 5.80. The summed E-state index contributed by atoms with van der Waals surface area (Å²) >= 11 is 0. The SMILES string of the molecule is CCC(C)N(CC(=O)O)C(=O)N(C)CC1CCCC1. The largest absolute Gasteiger partial charge is 0.480 e. The summed E-state index contributed by atoms with van der Waals surface area (Å²) in [5.74, 6) is -0.375. The monoisotopic (exact) mass is 270 g/mol. The second-order valence-electron chi connectivity index (χ2n) is 5.59. The molecule has 19 heavy (non-hydrogen) atoms. The molecular weight excluding hydrogens is 244 g/mol. The van der Waals surface area contributed by atoms with Crippen LogP contribution in [0.3, 0.4) is 0 Å². The number of carbonyl (C=O) groups is 2. The molecule has 1 aliphatic rings. The molecule has 110 valence electrons. The van der Waals surface area contributed by atoms with Gasteiger partial charge in [0.15, 0.2) is 0 Å². The Morgan fingerprint density at radius 2 is 1.89 bits per heavy atom. The van der Waals surface area contributed by atoms with E-state index in [2.05, 4.69) is 0 Å². The minimum absolute atomic E-state index is 0.0466. The molecule has 1 atom stereocenters. The molecule has 0 aromatic carbocycles. The van der Waals surface area contributed by atoms with E-state index in [1.165, 1.54) is 30.6 Å². The van der Waals surface area contributed by atoms with Crippen LogP contribution in [0.5, 0.6) is 0 Å². The first-order valence-corrected chi connectivity index (χ1v) is 7.19. The third kappa shape index (κ3) is 4.73. The predicted octanol–water partition coefficient (Wildman–Crippen LogP) is 2.41. The maximum atomic E-state index is 12.4. The molecule has 0 saturated heterocycles. The Hall–Kier alpha value is -1.26. The zero-order valence-electron chi connectivity index (χ0n) is 12.3. The number of nitrogens with zero attached hydrogens (tertiary/aromatic N) is 2. The molecule has 5 nitrogen and oxygen atoms in total. The molecule has 1 N–H and O–H groups in total. The summed E-state index contributed by atoms with van der Waals surface area (Å²) in [6.07, 6.45) is 5.61. The number of carboxylic acid groups (broad SMARTS) is 1. The van der Waals surface area contributed by atoms with Crippen LogP contribution in [0.25, 0.3) is 0 Å². The lowest BCUT2D eigenvalue weighted by molar-refractivity contribution is -0.138. The third-order valence-electron chi connectivity index (χ3n) is 4.01. The number of carbonyl (C=O) groups excluding carboxylic acids is 1. The summed E-state index contributed by atoms with van der Waals surface area (Å²) in [5.41, 5.74) is 0. The summed E-state index contributed by atoms with van der Waals surface area (Å²) in [6, 6.07) is -0.210. The van der Waals surface area contributed by atoms with Gasteiger partial charge >= 0.3 is 12.0 Å². The fourth-order valence-corrected chi connectivity index (χ4v) is 2.66. The topological polar surface area (TPSA) is 60.9 Å². The van der Waals surface area contributed by atoms with Gasteiger partial charge in [0.25, 0.3) is 0 Å². The van der Waals surface area contributed by atoms with E-state index in [9.17, 15) is 9.59 Å². The highest BCUT2D eigenvalue weighted by Crippen LogP contribution is 2.25. The lowest BCUT2D eigenvalue weighted by atomic mass is 10.1. The minimum atomic E-state index is -0.956. The maximum Gasteiger partial charge on any atom is 0.323 e. The van der Waals surface area contributed by atoms with Gasteiger partial charge in [0, 0.05) is 19.6 Å². The van der Waals surface area contributed by atoms with Crippen LogP contribution < -0.4 is 0 Å². The molecule has 1 saturated carbocycles. The zero-order chi connectivity index (χ0) is 14.4. The first-order valence-electron chi connectivity index (χ1n) is 7.19. The van der Waals surface area contributed by atoms with E-state index < -0.39 is 5.97 Å². The number of amides is 2. The van der Waals surface area contributed by atoms with E-state index in [1.807, 2.05) is 13.8 Å². The van der Waals surface area contributed by atoms with Crippen LogP contribution in [0.2, 0.25) is 0 Å². The van der Waals surface area contributed by atoms with Gasteiger partial charge in [-0.15, -0.1) is 0 Å². The second kappa shape index (κ2) is 7.36. The Labute approximate surface area is 115 Å². The standard InChI is InChI=1S/C14H26N2O3/c1-4-11(2)16(10-13(17)18)14(19)15(3)9-12-7-5-6-8-12/h11-12H,4-10H2,1-3H3,(H,17,18). The molecule has 1 rings (SSSR count). The lowest BCUT2D eigenvalue weighted by Gasteiger charge is -2.32. The minimum Gasteiger partial charge on any atom is -0.480 e. The molecule has 2 amide bonds. The van der Waals surface area contributed by atoms with E-state index in [1.54, 1.807) is 11.9 Å². The van der Waals surface area contributed by atoms with Crippen molar-refractivity contribution in [2.75, 3.05) is 20.1 Å². The number of urea groups is 1. The summed E-state index contributed by atoms with van der Waals surface area (Å²) in [6.45, 7) is 4.38. The van der Waals surface area contributed by atoms with Crippen LogP contribution in [0.1, 0.15) is 46.0 Å². The molecule has 1 fully saturated rings. The van der Waals surface area contributed by atoms with E-state index in [-0.39, 0.29) is 18.6 Å². The Morgan fingerprint density at radius 3 is 2.37 bits per heavy atom. The summed E-state index contributed by atoms with van der Waals surface area (Å²) in [5, 5.41) is 8.93. The van der Waals surface area contributed by atoms with Crippen LogP contribution >= 0.6 is 0 Å². The third-order valence-corrected chi connectivity index (χ3v) is 4.01. The van der Waals surface area contributed by atoms with Crippen LogP contribution in [0.15, 0.2) is 0 Å². The highest BCUT2D eigenvalue weighted by atomic mass is 16.4. The Kier molecular flexibility index (Phi) is 6.12. The molecule has 0 radical (unpaired) electrons. The van der Waals surface area contributed by atoms with Crippen LogP contribution in [-0.2, 0) is 4.79 Å². The fourth-order valence-electron chi connectivity index (χ4n) is 2.66. The van der Waals surface area contributed by atoms with Crippen molar-refractivity contribution < 1.29 is 14.7 Å². The van der Waals surface area contributed by atoms with Gasteiger partial charge in [0.05, 0.1) is 0 Å². The van der Waals surface area contributed by atoms with Gasteiger partial charge in [-0.3, -0.25) is 4.79 Å².